The van der Waals surface area contributed by atoms with Crippen LogP contribution in [0.25, 0.3) is 0 Å². The normalized spacial score (nSPS) is 22.6. The number of piperazine rings is 1. The molecule has 122 valence electrons. The molecule has 1 atom stereocenters. The molecule has 1 N–H and O–H groups in total. The van der Waals surface area contributed by atoms with Crippen molar-refractivity contribution in [3.63, 3.8) is 0 Å². The molecule has 0 radical (unpaired) electrons. The molecule has 2 aliphatic rings. The Morgan fingerprint density at radius 2 is 1.73 bits per heavy atom. The van der Waals surface area contributed by atoms with Gasteiger partial charge in [-0.2, -0.15) is 4.31 Å². The molecule has 0 unspecified atom stereocenters. The molecule has 0 amide bonds. The Bertz CT molecular complexity index is 579. The maximum Gasteiger partial charge on any atom is 0.218 e. The van der Waals surface area contributed by atoms with Crippen molar-refractivity contribution >= 4 is 10.0 Å². The van der Waals surface area contributed by atoms with E-state index in [0.717, 1.165) is 18.4 Å². The highest BCUT2D eigenvalue weighted by molar-refractivity contribution is 7.88. The number of hydrogen-bond donors (Lipinski definition) is 1. The lowest BCUT2D eigenvalue weighted by molar-refractivity contribution is 0.0781. The van der Waals surface area contributed by atoms with Crippen LogP contribution < -0.4 is 0 Å². The van der Waals surface area contributed by atoms with Crippen LogP contribution in [-0.2, 0) is 15.8 Å². The molecule has 1 aliphatic carbocycles. The fraction of sp³-hybridized carbons (Fsp3) is 0.625. The number of aliphatic hydroxyl groups excluding tert-OH is 1. The van der Waals surface area contributed by atoms with Crippen molar-refractivity contribution in [2.75, 3.05) is 32.7 Å². The van der Waals surface area contributed by atoms with Crippen LogP contribution in [0.5, 0.6) is 0 Å². The van der Waals surface area contributed by atoms with E-state index in [2.05, 4.69) is 4.90 Å². The summed E-state index contributed by atoms with van der Waals surface area (Å²) < 4.78 is 26.5. The Morgan fingerprint density at radius 3 is 2.32 bits per heavy atom. The van der Waals surface area contributed by atoms with Gasteiger partial charge in [0.2, 0.25) is 10.0 Å². The first-order chi connectivity index (χ1) is 10.5. The van der Waals surface area contributed by atoms with E-state index < -0.39 is 10.0 Å². The van der Waals surface area contributed by atoms with E-state index in [1.807, 2.05) is 30.3 Å². The maximum atomic E-state index is 12.5. The summed E-state index contributed by atoms with van der Waals surface area (Å²) >= 11 is 0. The molecule has 0 aromatic heterocycles. The molecule has 1 aromatic carbocycles. The third kappa shape index (κ3) is 4.07. The predicted octanol–water partition coefficient (Wildman–Crippen LogP) is 0.905. The number of sulfonamides is 1. The van der Waals surface area contributed by atoms with Crippen molar-refractivity contribution in [1.29, 1.82) is 0 Å². The van der Waals surface area contributed by atoms with Crippen molar-refractivity contribution in [1.82, 2.24) is 9.21 Å². The van der Waals surface area contributed by atoms with E-state index in [4.69, 9.17) is 0 Å². The molecule has 0 bridgehead atoms. The molecule has 1 aromatic rings. The molecule has 22 heavy (non-hydrogen) atoms. The lowest BCUT2D eigenvalue weighted by Crippen LogP contribution is -2.50. The van der Waals surface area contributed by atoms with Crippen molar-refractivity contribution < 1.29 is 13.5 Å². The predicted molar refractivity (Wildman–Crippen MR) is 85.8 cm³/mol. The van der Waals surface area contributed by atoms with Gasteiger partial charge in [0.05, 0.1) is 11.9 Å². The highest BCUT2D eigenvalue weighted by atomic mass is 32.2. The van der Waals surface area contributed by atoms with Gasteiger partial charge in [-0.1, -0.05) is 30.3 Å². The van der Waals surface area contributed by atoms with Crippen molar-refractivity contribution in [2.45, 2.75) is 24.7 Å². The van der Waals surface area contributed by atoms with E-state index in [1.165, 1.54) is 0 Å². The van der Waals surface area contributed by atoms with Gasteiger partial charge < -0.3 is 5.11 Å². The molecule has 1 saturated heterocycles. The molecule has 0 spiro atoms. The monoisotopic (exact) mass is 324 g/mol. The smallest absolute Gasteiger partial charge is 0.218 e. The Balaban J connectivity index is 1.51. The molecular weight excluding hydrogens is 300 g/mol. The zero-order valence-corrected chi connectivity index (χ0v) is 13.6. The summed E-state index contributed by atoms with van der Waals surface area (Å²) in [5.41, 5.74) is 0.828. The van der Waals surface area contributed by atoms with Gasteiger partial charge in [0.15, 0.2) is 0 Å². The number of nitrogens with zero attached hydrogens (tertiary/aromatic N) is 2. The van der Waals surface area contributed by atoms with Gasteiger partial charge in [-0.15, -0.1) is 0 Å². The van der Waals surface area contributed by atoms with Crippen LogP contribution in [-0.4, -0.2) is 61.6 Å². The average molecular weight is 324 g/mol. The van der Waals surface area contributed by atoms with E-state index in [9.17, 15) is 13.5 Å². The molecule has 1 saturated carbocycles. The number of aliphatic hydroxyl groups is 1. The summed E-state index contributed by atoms with van der Waals surface area (Å²) in [6, 6.07) is 9.31. The quantitative estimate of drug-likeness (QED) is 0.845. The minimum atomic E-state index is -3.25. The van der Waals surface area contributed by atoms with Crippen LogP contribution in [0.2, 0.25) is 0 Å². The molecule has 1 aliphatic heterocycles. The standard InChI is InChI=1S/C16H24N2O3S/c19-16(15-6-7-15)12-17-8-10-18(11-9-17)22(20,21)13-14-4-2-1-3-5-14/h1-5,15-16,19H,6-13H2/t16-/m0/s1. The number of rotatable bonds is 6. The summed E-state index contributed by atoms with van der Waals surface area (Å²) in [6.45, 7) is 3.13. The molecule has 5 nitrogen and oxygen atoms in total. The maximum absolute atomic E-state index is 12.5. The second-order valence-electron chi connectivity index (χ2n) is 6.35. The molecule has 2 fully saturated rings. The van der Waals surface area contributed by atoms with Crippen LogP contribution in [0.15, 0.2) is 30.3 Å². The first-order valence-corrected chi connectivity index (χ1v) is 9.58. The lowest BCUT2D eigenvalue weighted by atomic mass is 10.2. The Morgan fingerprint density at radius 1 is 1.09 bits per heavy atom. The summed E-state index contributed by atoms with van der Waals surface area (Å²) in [6.07, 6.45) is 2.02. The summed E-state index contributed by atoms with van der Waals surface area (Å²) in [5, 5.41) is 9.99. The van der Waals surface area contributed by atoms with Crippen molar-refractivity contribution in [3.05, 3.63) is 35.9 Å². The molecular formula is C16H24N2O3S. The van der Waals surface area contributed by atoms with E-state index >= 15 is 0 Å². The fourth-order valence-corrected chi connectivity index (χ4v) is 4.48. The molecule has 3 rings (SSSR count). The Labute approximate surface area is 132 Å². The van der Waals surface area contributed by atoms with Gasteiger partial charge in [-0.3, -0.25) is 4.90 Å². The van der Waals surface area contributed by atoms with Gasteiger partial charge in [-0.25, -0.2) is 8.42 Å². The first-order valence-electron chi connectivity index (χ1n) is 7.97. The first kappa shape index (κ1) is 15.9. The molecule has 6 heteroatoms. The van der Waals surface area contributed by atoms with E-state index in [0.29, 0.717) is 38.6 Å². The zero-order valence-electron chi connectivity index (χ0n) is 12.8. The number of β-amino-alcohol motifs (C(OH)–C–C–N with tert-alkyl or cyclic N) is 1. The highest BCUT2D eigenvalue weighted by Crippen LogP contribution is 2.33. The third-order valence-corrected chi connectivity index (χ3v) is 6.38. The van der Waals surface area contributed by atoms with Gasteiger partial charge in [0.25, 0.3) is 0 Å². The summed E-state index contributed by atoms with van der Waals surface area (Å²) in [4.78, 5) is 2.18. The molecule has 1 heterocycles. The van der Waals surface area contributed by atoms with Crippen molar-refractivity contribution in [3.8, 4) is 0 Å². The Kier molecular flexibility index (Phi) is 4.82. The van der Waals surface area contributed by atoms with Crippen LogP contribution in [0.4, 0.5) is 0 Å². The summed E-state index contributed by atoms with van der Waals surface area (Å²) in [5.74, 6) is 0.540. The SMILES string of the molecule is O=S(=O)(Cc1ccccc1)N1CCN(C[C@H](O)C2CC2)CC1. The van der Waals surface area contributed by atoms with Crippen LogP contribution in [0.3, 0.4) is 0 Å². The van der Waals surface area contributed by atoms with Crippen LogP contribution >= 0.6 is 0 Å². The van der Waals surface area contributed by atoms with Crippen LogP contribution in [0.1, 0.15) is 18.4 Å². The van der Waals surface area contributed by atoms with Crippen LogP contribution in [0, 0.1) is 5.92 Å². The summed E-state index contributed by atoms with van der Waals surface area (Å²) in [7, 11) is -3.25. The minimum Gasteiger partial charge on any atom is -0.392 e. The highest BCUT2D eigenvalue weighted by Gasteiger charge is 2.33. The Hall–Kier alpha value is -0.950. The largest absolute Gasteiger partial charge is 0.392 e. The average Bonchev–Trinajstić information content (AvgIpc) is 3.33. The lowest BCUT2D eigenvalue weighted by Gasteiger charge is -2.35. The van der Waals surface area contributed by atoms with Gasteiger partial charge in [0, 0.05) is 32.7 Å². The second-order valence-corrected chi connectivity index (χ2v) is 8.32. The number of benzene rings is 1. The second kappa shape index (κ2) is 6.66. The minimum absolute atomic E-state index is 0.0680. The van der Waals surface area contributed by atoms with E-state index in [-0.39, 0.29) is 11.9 Å². The zero-order chi connectivity index (χ0) is 15.6. The topological polar surface area (TPSA) is 60.9 Å². The number of hydrogen-bond acceptors (Lipinski definition) is 4. The van der Waals surface area contributed by atoms with Gasteiger partial charge in [0.1, 0.15) is 0 Å². The van der Waals surface area contributed by atoms with E-state index in [1.54, 1.807) is 4.31 Å². The van der Waals surface area contributed by atoms with Gasteiger partial charge >= 0.3 is 0 Å². The van der Waals surface area contributed by atoms with Gasteiger partial charge in [-0.05, 0) is 24.3 Å². The fourth-order valence-electron chi connectivity index (χ4n) is 2.96. The van der Waals surface area contributed by atoms with Crippen molar-refractivity contribution in [2.24, 2.45) is 5.92 Å². The third-order valence-electron chi connectivity index (χ3n) is 4.53.